The number of aromatic nitrogens is 1. The second-order valence-corrected chi connectivity index (χ2v) is 5.78. The van der Waals surface area contributed by atoms with Gasteiger partial charge < -0.3 is 15.4 Å². The molecule has 0 saturated carbocycles. The van der Waals surface area contributed by atoms with E-state index < -0.39 is 12.8 Å². The molecule has 2 N–H and O–H groups in total. The van der Waals surface area contributed by atoms with Crippen molar-refractivity contribution < 1.29 is 17.9 Å². The largest absolute Gasteiger partial charge is 0.468 e. The quantitative estimate of drug-likeness (QED) is 0.359. The molecule has 0 bridgehead atoms. The Morgan fingerprint density at radius 2 is 1.96 bits per heavy atom. The summed E-state index contributed by atoms with van der Waals surface area (Å²) in [5, 5.41) is 6.46. The monoisotopic (exact) mass is 474 g/mol. The molecule has 1 rings (SSSR count). The van der Waals surface area contributed by atoms with Crippen LogP contribution in [0.3, 0.4) is 0 Å². The molecule has 0 aliphatic heterocycles. The van der Waals surface area contributed by atoms with Crippen molar-refractivity contribution >= 4 is 29.9 Å². The number of rotatable bonds is 7. The van der Waals surface area contributed by atoms with Gasteiger partial charge in [-0.25, -0.2) is 9.98 Å². The Kier molecular flexibility index (Phi) is 10.8. The molecule has 0 spiro atoms. The second-order valence-electron chi connectivity index (χ2n) is 5.78. The maximum Gasteiger partial charge on any atom is 0.422 e. The van der Waals surface area contributed by atoms with Gasteiger partial charge in [0, 0.05) is 24.8 Å². The summed E-state index contributed by atoms with van der Waals surface area (Å²) in [6.45, 7) is 8.04. The fourth-order valence-electron chi connectivity index (χ4n) is 1.62. The molecule has 0 aliphatic carbocycles. The van der Waals surface area contributed by atoms with E-state index in [-0.39, 0.29) is 35.9 Å². The second kappa shape index (κ2) is 11.4. The first kappa shape index (κ1) is 23.7. The molecule has 1 unspecified atom stereocenters. The number of pyridine rings is 1. The maximum atomic E-state index is 12.1. The van der Waals surface area contributed by atoms with Gasteiger partial charge in [-0.1, -0.05) is 19.9 Å². The molecule has 1 aromatic rings. The maximum absolute atomic E-state index is 12.1. The third kappa shape index (κ3) is 10.4. The van der Waals surface area contributed by atoms with Crippen molar-refractivity contribution in [1.29, 1.82) is 0 Å². The summed E-state index contributed by atoms with van der Waals surface area (Å²) in [6.07, 6.45) is -2.91. The number of aliphatic imine (C=N–C) groups is 1. The van der Waals surface area contributed by atoms with Gasteiger partial charge in [-0.05, 0) is 25.3 Å². The molecule has 0 aromatic carbocycles. The number of nitrogens with one attached hydrogen (secondary N) is 2. The number of ether oxygens (including phenoxy) is 1. The van der Waals surface area contributed by atoms with E-state index in [0.29, 0.717) is 18.4 Å². The Morgan fingerprint density at radius 1 is 1.28 bits per heavy atom. The average molecular weight is 474 g/mol. The first-order valence-electron chi connectivity index (χ1n) is 7.90. The molecule has 5 nitrogen and oxygen atoms in total. The number of guanidine groups is 1. The van der Waals surface area contributed by atoms with E-state index in [4.69, 9.17) is 0 Å². The zero-order valence-corrected chi connectivity index (χ0v) is 17.2. The lowest BCUT2D eigenvalue weighted by Crippen LogP contribution is -2.44. The lowest BCUT2D eigenvalue weighted by molar-refractivity contribution is -0.154. The van der Waals surface area contributed by atoms with E-state index in [1.807, 2.05) is 6.92 Å². The molecular formula is C16H26F3IN4O. The van der Waals surface area contributed by atoms with Crippen LogP contribution < -0.4 is 15.4 Å². The molecular weight excluding hydrogens is 448 g/mol. The van der Waals surface area contributed by atoms with Gasteiger partial charge in [0.1, 0.15) is 0 Å². The minimum Gasteiger partial charge on any atom is -0.468 e. The van der Waals surface area contributed by atoms with Crippen molar-refractivity contribution in [3.05, 3.63) is 23.9 Å². The van der Waals surface area contributed by atoms with E-state index in [1.54, 1.807) is 6.07 Å². The van der Waals surface area contributed by atoms with E-state index in [0.717, 1.165) is 12.1 Å². The summed E-state index contributed by atoms with van der Waals surface area (Å²) >= 11 is 0. The van der Waals surface area contributed by atoms with Crippen LogP contribution in [-0.4, -0.2) is 36.3 Å². The van der Waals surface area contributed by atoms with Crippen LogP contribution >= 0.6 is 24.0 Å². The third-order valence-electron chi connectivity index (χ3n) is 3.31. The van der Waals surface area contributed by atoms with Crippen molar-refractivity contribution in [3.63, 3.8) is 0 Å². The van der Waals surface area contributed by atoms with Crippen LogP contribution in [0.1, 0.15) is 33.3 Å². The molecule has 0 fully saturated rings. The Morgan fingerprint density at radius 3 is 2.44 bits per heavy atom. The predicted molar refractivity (Wildman–Crippen MR) is 103 cm³/mol. The molecule has 0 aliphatic rings. The summed E-state index contributed by atoms with van der Waals surface area (Å²) in [5.74, 6) is 1.09. The van der Waals surface area contributed by atoms with Gasteiger partial charge in [0.05, 0.1) is 6.54 Å². The highest BCUT2D eigenvalue weighted by atomic mass is 127. The summed E-state index contributed by atoms with van der Waals surface area (Å²) in [4.78, 5) is 8.32. The Balaban J connectivity index is 0.00000576. The molecule has 0 saturated heterocycles. The van der Waals surface area contributed by atoms with Crippen LogP contribution in [0, 0.1) is 5.92 Å². The van der Waals surface area contributed by atoms with Crippen molar-refractivity contribution in [3.8, 4) is 5.88 Å². The summed E-state index contributed by atoms with van der Waals surface area (Å²) in [6, 6.07) is 3.32. The van der Waals surface area contributed by atoms with Crippen molar-refractivity contribution in [1.82, 2.24) is 15.6 Å². The van der Waals surface area contributed by atoms with Gasteiger partial charge in [-0.2, -0.15) is 13.2 Å². The lowest BCUT2D eigenvalue weighted by Gasteiger charge is -2.20. The molecule has 0 amide bonds. The first-order chi connectivity index (χ1) is 11.2. The smallest absolute Gasteiger partial charge is 0.422 e. The van der Waals surface area contributed by atoms with Crippen LogP contribution in [0.5, 0.6) is 5.88 Å². The predicted octanol–water partition coefficient (Wildman–Crippen LogP) is 3.74. The van der Waals surface area contributed by atoms with E-state index in [2.05, 4.69) is 46.1 Å². The fraction of sp³-hybridized carbons (Fsp3) is 0.625. The van der Waals surface area contributed by atoms with Crippen LogP contribution in [0.25, 0.3) is 0 Å². The molecule has 1 aromatic heterocycles. The highest BCUT2D eigenvalue weighted by molar-refractivity contribution is 14.0. The Labute approximate surface area is 163 Å². The Bertz CT molecular complexity index is 521. The normalized spacial score (nSPS) is 13.2. The van der Waals surface area contributed by atoms with Crippen LogP contribution in [0.4, 0.5) is 13.2 Å². The number of hydrogen-bond acceptors (Lipinski definition) is 3. The molecule has 1 heterocycles. The lowest BCUT2D eigenvalue weighted by atomic mass is 10.1. The van der Waals surface area contributed by atoms with E-state index in [9.17, 15) is 13.2 Å². The number of halogens is 4. The third-order valence-corrected chi connectivity index (χ3v) is 3.31. The number of hydrogen-bond donors (Lipinski definition) is 2. The van der Waals surface area contributed by atoms with Gasteiger partial charge in [-0.3, -0.25) is 0 Å². The zero-order chi connectivity index (χ0) is 18.2. The van der Waals surface area contributed by atoms with E-state index in [1.165, 1.54) is 12.3 Å². The van der Waals surface area contributed by atoms with Gasteiger partial charge in [-0.15, -0.1) is 24.0 Å². The standard InChI is InChI=1S/C16H25F3N4O.HI/c1-5-20-15(23-12(4)11(2)3)22-9-13-6-7-14(21-8-13)24-10-16(17,18)19;/h6-8,11-12H,5,9-10H2,1-4H3,(H2,20,22,23);1H. The average Bonchev–Trinajstić information content (AvgIpc) is 2.51. The van der Waals surface area contributed by atoms with Crippen molar-refractivity contribution in [2.45, 2.75) is 46.5 Å². The highest BCUT2D eigenvalue weighted by Gasteiger charge is 2.28. The summed E-state index contributed by atoms with van der Waals surface area (Å²) in [5.41, 5.74) is 0.781. The molecule has 9 heteroatoms. The molecule has 144 valence electrons. The van der Waals surface area contributed by atoms with Crippen molar-refractivity contribution in [2.24, 2.45) is 10.9 Å². The topological polar surface area (TPSA) is 58.5 Å². The van der Waals surface area contributed by atoms with E-state index >= 15 is 0 Å². The van der Waals surface area contributed by atoms with Gasteiger partial charge in [0.15, 0.2) is 12.6 Å². The minimum absolute atomic E-state index is 0. The number of alkyl halides is 3. The summed E-state index contributed by atoms with van der Waals surface area (Å²) in [7, 11) is 0. The van der Waals surface area contributed by atoms with Crippen LogP contribution in [0.15, 0.2) is 23.3 Å². The van der Waals surface area contributed by atoms with Gasteiger partial charge in [0.25, 0.3) is 0 Å². The first-order valence-corrected chi connectivity index (χ1v) is 7.90. The van der Waals surface area contributed by atoms with Crippen LogP contribution in [0.2, 0.25) is 0 Å². The van der Waals surface area contributed by atoms with Crippen molar-refractivity contribution in [2.75, 3.05) is 13.2 Å². The summed E-state index contributed by atoms with van der Waals surface area (Å²) < 4.78 is 40.8. The molecule has 0 radical (unpaired) electrons. The minimum atomic E-state index is -4.37. The number of nitrogens with zero attached hydrogens (tertiary/aromatic N) is 2. The molecule has 25 heavy (non-hydrogen) atoms. The van der Waals surface area contributed by atoms with Gasteiger partial charge in [0.2, 0.25) is 5.88 Å². The van der Waals surface area contributed by atoms with Crippen LogP contribution in [-0.2, 0) is 6.54 Å². The Hall–Kier alpha value is -1.26. The molecule has 1 atom stereocenters. The highest BCUT2D eigenvalue weighted by Crippen LogP contribution is 2.17. The van der Waals surface area contributed by atoms with Gasteiger partial charge >= 0.3 is 6.18 Å². The SMILES string of the molecule is CCNC(=NCc1ccc(OCC(F)(F)F)nc1)NC(C)C(C)C.I. The fourth-order valence-corrected chi connectivity index (χ4v) is 1.62. The zero-order valence-electron chi connectivity index (χ0n) is 14.9.